The molecule has 4 heteroatoms. The van der Waals surface area contributed by atoms with E-state index in [4.69, 9.17) is 15.5 Å². The molecule has 0 saturated heterocycles. The van der Waals surface area contributed by atoms with Crippen molar-refractivity contribution in [2.45, 2.75) is 37.8 Å². The molecule has 0 fully saturated rings. The van der Waals surface area contributed by atoms with E-state index in [1.807, 2.05) is 12.1 Å². The van der Waals surface area contributed by atoms with Crippen molar-refractivity contribution in [2.75, 3.05) is 0 Å². The second-order valence-corrected chi connectivity index (χ2v) is 6.34. The lowest BCUT2D eigenvalue weighted by atomic mass is 9.99. The van der Waals surface area contributed by atoms with Gasteiger partial charge in [-0.2, -0.15) is 0 Å². The Morgan fingerprint density at radius 2 is 2.21 bits per heavy atom. The molecule has 4 rings (SSSR count). The molecule has 2 aliphatic rings. The number of aromatic nitrogens is 1. The van der Waals surface area contributed by atoms with Crippen LogP contribution in [0.2, 0.25) is 0 Å². The van der Waals surface area contributed by atoms with Crippen LogP contribution in [0.25, 0.3) is 0 Å². The zero-order valence-corrected chi connectivity index (χ0v) is 11.5. The Kier molecular flexibility index (Phi) is 2.60. The molecule has 0 bridgehead atoms. The van der Waals surface area contributed by atoms with Crippen LogP contribution in [0.5, 0.6) is 5.75 Å². The highest BCUT2D eigenvalue weighted by Gasteiger charge is 2.30. The summed E-state index contributed by atoms with van der Waals surface area (Å²) in [7, 11) is 0. The van der Waals surface area contributed by atoms with Crippen molar-refractivity contribution in [3.63, 3.8) is 0 Å². The molecule has 2 aromatic rings. The summed E-state index contributed by atoms with van der Waals surface area (Å²) >= 11 is 1.75. The number of hydrogen-bond acceptors (Lipinski definition) is 4. The molecule has 2 heterocycles. The van der Waals surface area contributed by atoms with Crippen molar-refractivity contribution < 1.29 is 4.74 Å². The maximum Gasteiger partial charge on any atom is 0.154 e. The van der Waals surface area contributed by atoms with E-state index < -0.39 is 0 Å². The van der Waals surface area contributed by atoms with Gasteiger partial charge in [0.05, 0.1) is 5.69 Å². The molecule has 0 spiro atoms. The Morgan fingerprint density at radius 1 is 1.32 bits per heavy atom. The largest absolute Gasteiger partial charge is 0.483 e. The molecular weight excluding hydrogens is 256 g/mol. The third-order valence-corrected chi connectivity index (χ3v) is 5.25. The minimum absolute atomic E-state index is 0.0835. The Hall–Kier alpha value is -1.39. The Balaban J connectivity index is 1.65. The van der Waals surface area contributed by atoms with E-state index in [-0.39, 0.29) is 12.1 Å². The van der Waals surface area contributed by atoms with Crippen LogP contribution in [-0.4, -0.2) is 4.98 Å². The molecule has 2 N–H and O–H groups in total. The van der Waals surface area contributed by atoms with Crippen molar-refractivity contribution >= 4 is 11.3 Å². The predicted octanol–water partition coefficient (Wildman–Crippen LogP) is 3.16. The number of fused-ring (bicyclic) bond motifs is 2. The summed E-state index contributed by atoms with van der Waals surface area (Å²) in [5, 5.41) is 1.10. The zero-order chi connectivity index (χ0) is 12.8. The lowest BCUT2D eigenvalue weighted by molar-refractivity contribution is 0.238. The summed E-state index contributed by atoms with van der Waals surface area (Å²) < 4.78 is 6.01. The second-order valence-electron chi connectivity index (χ2n) is 5.28. The van der Waals surface area contributed by atoms with Gasteiger partial charge in [0, 0.05) is 17.3 Å². The summed E-state index contributed by atoms with van der Waals surface area (Å²) in [6, 6.07) is 8.43. The Bertz CT molecular complexity index is 597. The molecule has 0 amide bonds. The first kappa shape index (κ1) is 11.4. The maximum atomic E-state index is 6.17. The van der Waals surface area contributed by atoms with Crippen LogP contribution in [-0.2, 0) is 12.8 Å². The van der Waals surface area contributed by atoms with Crippen LogP contribution >= 0.6 is 11.3 Å². The monoisotopic (exact) mass is 272 g/mol. The Morgan fingerprint density at radius 3 is 3.05 bits per heavy atom. The van der Waals surface area contributed by atoms with E-state index in [1.165, 1.54) is 16.1 Å². The minimum atomic E-state index is 0.0835. The number of para-hydroxylation sites is 1. The molecule has 0 saturated carbocycles. The predicted molar refractivity (Wildman–Crippen MR) is 75.5 cm³/mol. The number of aryl methyl sites for hydroxylation is 1. The van der Waals surface area contributed by atoms with Gasteiger partial charge in [0.15, 0.2) is 6.10 Å². The number of ether oxygens (including phenoxy) is 1. The fraction of sp³-hybridized carbons (Fsp3) is 0.400. The van der Waals surface area contributed by atoms with E-state index in [0.29, 0.717) is 0 Å². The van der Waals surface area contributed by atoms with E-state index >= 15 is 0 Å². The average Bonchev–Trinajstić information content (AvgIpc) is 3.02. The highest BCUT2D eigenvalue weighted by molar-refractivity contribution is 7.11. The highest BCUT2D eigenvalue weighted by atomic mass is 32.1. The van der Waals surface area contributed by atoms with Gasteiger partial charge in [0.25, 0.3) is 0 Å². The maximum absolute atomic E-state index is 6.17. The molecule has 2 atom stereocenters. The van der Waals surface area contributed by atoms with Gasteiger partial charge in [-0.3, -0.25) is 0 Å². The molecule has 3 nitrogen and oxygen atoms in total. The van der Waals surface area contributed by atoms with Gasteiger partial charge in [-0.1, -0.05) is 18.2 Å². The summed E-state index contributed by atoms with van der Waals surface area (Å²) in [5.41, 5.74) is 8.66. The first-order valence-corrected chi connectivity index (χ1v) is 7.62. The summed E-state index contributed by atoms with van der Waals surface area (Å²) in [6.45, 7) is 0. The molecule has 1 aliphatic heterocycles. The van der Waals surface area contributed by atoms with Crippen LogP contribution in [0.1, 0.15) is 46.1 Å². The van der Waals surface area contributed by atoms with Crippen molar-refractivity contribution in [1.29, 1.82) is 0 Å². The van der Waals surface area contributed by atoms with Gasteiger partial charge in [-0.25, -0.2) is 4.98 Å². The standard InChI is InChI=1S/C15H16N2OS/c16-10-5-3-6-11-14(10)19-15(17-11)13-8-9-4-1-2-7-12(9)18-13/h1-2,4,7,10,13H,3,5-6,8,16H2. The second kappa shape index (κ2) is 4.32. The average molecular weight is 272 g/mol. The summed E-state index contributed by atoms with van der Waals surface area (Å²) in [5.74, 6) is 1.00. The van der Waals surface area contributed by atoms with Crippen LogP contribution in [0.3, 0.4) is 0 Å². The highest BCUT2D eigenvalue weighted by Crippen LogP contribution is 2.41. The fourth-order valence-electron chi connectivity index (χ4n) is 2.93. The lowest BCUT2D eigenvalue weighted by Crippen LogP contribution is -2.15. The van der Waals surface area contributed by atoms with Crippen molar-refractivity contribution in [3.8, 4) is 5.75 Å². The molecule has 1 aromatic heterocycles. The fourth-order valence-corrected chi connectivity index (χ4v) is 4.11. The van der Waals surface area contributed by atoms with Crippen LogP contribution in [0, 0.1) is 0 Å². The van der Waals surface area contributed by atoms with E-state index in [1.54, 1.807) is 11.3 Å². The molecule has 1 aliphatic carbocycles. The smallest absolute Gasteiger partial charge is 0.154 e. The van der Waals surface area contributed by atoms with Crippen LogP contribution in [0.4, 0.5) is 0 Å². The molecule has 98 valence electrons. The lowest BCUT2D eigenvalue weighted by Gasteiger charge is -2.15. The zero-order valence-electron chi connectivity index (χ0n) is 10.6. The summed E-state index contributed by atoms with van der Waals surface area (Å²) in [4.78, 5) is 6.06. The van der Waals surface area contributed by atoms with Gasteiger partial charge in [0.1, 0.15) is 10.8 Å². The molecular formula is C15H16N2OS. The van der Waals surface area contributed by atoms with Crippen LogP contribution < -0.4 is 10.5 Å². The molecule has 19 heavy (non-hydrogen) atoms. The van der Waals surface area contributed by atoms with Gasteiger partial charge < -0.3 is 10.5 Å². The third kappa shape index (κ3) is 1.86. The molecule has 1 aromatic carbocycles. The minimum Gasteiger partial charge on any atom is -0.483 e. The summed E-state index contributed by atoms with van der Waals surface area (Å²) in [6.07, 6.45) is 4.32. The third-order valence-electron chi connectivity index (χ3n) is 3.93. The number of thiazole rings is 1. The SMILES string of the molecule is NC1CCCc2nc(C3Cc4ccccc4O3)sc21. The first-order chi connectivity index (χ1) is 9.31. The van der Waals surface area contributed by atoms with Crippen molar-refractivity contribution in [1.82, 2.24) is 4.98 Å². The Labute approximate surface area is 116 Å². The topological polar surface area (TPSA) is 48.1 Å². The van der Waals surface area contributed by atoms with E-state index in [9.17, 15) is 0 Å². The van der Waals surface area contributed by atoms with E-state index in [2.05, 4.69) is 12.1 Å². The van der Waals surface area contributed by atoms with Gasteiger partial charge in [0.2, 0.25) is 0 Å². The number of benzene rings is 1. The number of hydrogen-bond donors (Lipinski definition) is 1. The first-order valence-electron chi connectivity index (χ1n) is 6.81. The number of nitrogens with two attached hydrogens (primary N) is 1. The number of nitrogens with zero attached hydrogens (tertiary/aromatic N) is 1. The van der Waals surface area contributed by atoms with Gasteiger partial charge in [-0.15, -0.1) is 11.3 Å². The quantitative estimate of drug-likeness (QED) is 0.867. The van der Waals surface area contributed by atoms with Gasteiger partial charge >= 0.3 is 0 Å². The van der Waals surface area contributed by atoms with Crippen LogP contribution in [0.15, 0.2) is 24.3 Å². The van der Waals surface area contributed by atoms with E-state index in [0.717, 1.165) is 36.4 Å². The van der Waals surface area contributed by atoms with Gasteiger partial charge in [-0.05, 0) is 30.9 Å². The molecule has 0 radical (unpaired) electrons. The van der Waals surface area contributed by atoms with Crippen molar-refractivity contribution in [2.24, 2.45) is 5.73 Å². The molecule has 2 unspecified atom stereocenters. The normalized spacial score (nSPS) is 24.7. The number of rotatable bonds is 1. The van der Waals surface area contributed by atoms with Crippen molar-refractivity contribution in [3.05, 3.63) is 45.4 Å².